The maximum atomic E-state index is 11.4. The SMILES string of the molecule is CNC(=O)Cn1cc(N[C@H]2CCC[C@H](c3ncccc3C)C2)cn1. The summed E-state index contributed by atoms with van der Waals surface area (Å²) in [7, 11) is 1.63. The quantitative estimate of drug-likeness (QED) is 0.885. The lowest BCUT2D eigenvalue weighted by Gasteiger charge is -2.30. The van der Waals surface area contributed by atoms with Crippen molar-refractivity contribution in [3.63, 3.8) is 0 Å². The van der Waals surface area contributed by atoms with Crippen LogP contribution in [0.15, 0.2) is 30.7 Å². The van der Waals surface area contributed by atoms with E-state index >= 15 is 0 Å². The third-order valence-electron chi connectivity index (χ3n) is 4.70. The first-order chi connectivity index (χ1) is 11.7. The van der Waals surface area contributed by atoms with Crippen LogP contribution in [-0.2, 0) is 11.3 Å². The van der Waals surface area contributed by atoms with E-state index < -0.39 is 0 Å². The average molecular weight is 327 g/mol. The number of likely N-dealkylation sites (N-methyl/N-ethyl adjacent to an activating group) is 1. The van der Waals surface area contributed by atoms with Gasteiger partial charge in [0, 0.05) is 37.1 Å². The Hall–Kier alpha value is -2.37. The van der Waals surface area contributed by atoms with E-state index in [-0.39, 0.29) is 12.5 Å². The van der Waals surface area contributed by atoms with Crippen LogP contribution in [0.2, 0.25) is 0 Å². The number of carbonyl (C=O) groups excluding carboxylic acids is 1. The summed E-state index contributed by atoms with van der Waals surface area (Å²) in [6.45, 7) is 2.39. The van der Waals surface area contributed by atoms with Crippen LogP contribution in [0.3, 0.4) is 0 Å². The van der Waals surface area contributed by atoms with Crippen molar-refractivity contribution >= 4 is 11.6 Å². The molecule has 2 atom stereocenters. The Morgan fingerprint density at radius 3 is 3.08 bits per heavy atom. The van der Waals surface area contributed by atoms with E-state index in [9.17, 15) is 4.79 Å². The molecule has 2 N–H and O–H groups in total. The molecule has 0 spiro atoms. The molecule has 0 radical (unpaired) electrons. The fraction of sp³-hybridized carbons (Fsp3) is 0.500. The van der Waals surface area contributed by atoms with Gasteiger partial charge in [-0.15, -0.1) is 0 Å². The van der Waals surface area contributed by atoms with Crippen molar-refractivity contribution < 1.29 is 4.79 Å². The summed E-state index contributed by atoms with van der Waals surface area (Å²) in [4.78, 5) is 16.0. The highest BCUT2D eigenvalue weighted by atomic mass is 16.1. The molecule has 2 aromatic heterocycles. The van der Waals surface area contributed by atoms with E-state index in [4.69, 9.17) is 0 Å². The van der Waals surface area contributed by atoms with E-state index in [2.05, 4.69) is 33.7 Å². The van der Waals surface area contributed by atoms with Gasteiger partial charge in [0.15, 0.2) is 0 Å². The van der Waals surface area contributed by atoms with Gasteiger partial charge < -0.3 is 10.6 Å². The van der Waals surface area contributed by atoms with Crippen molar-refractivity contribution in [3.8, 4) is 0 Å². The number of aromatic nitrogens is 3. The molecule has 24 heavy (non-hydrogen) atoms. The first kappa shape index (κ1) is 16.5. The van der Waals surface area contributed by atoms with Gasteiger partial charge in [0.05, 0.1) is 11.9 Å². The minimum atomic E-state index is -0.0481. The Balaban J connectivity index is 1.61. The lowest BCUT2D eigenvalue weighted by molar-refractivity contribution is -0.121. The number of anilines is 1. The fourth-order valence-electron chi connectivity index (χ4n) is 3.48. The second-order valence-electron chi connectivity index (χ2n) is 6.51. The highest BCUT2D eigenvalue weighted by Crippen LogP contribution is 2.34. The minimum absolute atomic E-state index is 0.0481. The van der Waals surface area contributed by atoms with E-state index in [1.165, 1.54) is 24.1 Å². The van der Waals surface area contributed by atoms with Crippen molar-refractivity contribution in [2.75, 3.05) is 12.4 Å². The van der Waals surface area contributed by atoms with Crippen LogP contribution in [0, 0.1) is 6.92 Å². The number of hydrogen-bond acceptors (Lipinski definition) is 4. The van der Waals surface area contributed by atoms with Gasteiger partial charge in [-0.05, 0) is 37.8 Å². The highest BCUT2D eigenvalue weighted by molar-refractivity contribution is 5.75. The molecular weight excluding hydrogens is 302 g/mol. The Morgan fingerprint density at radius 2 is 2.29 bits per heavy atom. The van der Waals surface area contributed by atoms with Crippen LogP contribution in [0.25, 0.3) is 0 Å². The summed E-state index contributed by atoms with van der Waals surface area (Å²) >= 11 is 0. The molecule has 0 saturated heterocycles. The Kier molecular flexibility index (Phi) is 5.13. The summed E-state index contributed by atoms with van der Waals surface area (Å²) < 4.78 is 1.66. The molecule has 1 amide bonds. The molecule has 1 aliphatic carbocycles. The number of nitrogens with one attached hydrogen (secondary N) is 2. The van der Waals surface area contributed by atoms with Gasteiger partial charge in [0.2, 0.25) is 5.91 Å². The minimum Gasteiger partial charge on any atom is -0.380 e. The van der Waals surface area contributed by atoms with E-state index in [0.29, 0.717) is 12.0 Å². The molecule has 1 fully saturated rings. The van der Waals surface area contributed by atoms with Gasteiger partial charge in [0.1, 0.15) is 6.54 Å². The zero-order chi connectivity index (χ0) is 16.9. The van der Waals surface area contributed by atoms with Crippen LogP contribution in [0.4, 0.5) is 5.69 Å². The van der Waals surface area contributed by atoms with E-state index in [1.807, 2.05) is 18.5 Å². The predicted octanol–water partition coefficient (Wildman–Crippen LogP) is 2.47. The van der Waals surface area contributed by atoms with Gasteiger partial charge in [-0.25, -0.2) is 0 Å². The number of hydrogen-bond donors (Lipinski definition) is 2. The molecular formula is C18H25N5O. The molecule has 0 bridgehead atoms. The number of carbonyl (C=O) groups is 1. The summed E-state index contributed by atoms with van der Waals surface area (Å²) in [5.74, 6) is 0.464. The number of pyridine rings is 1. The van der Waals surface area contributed by atoms with Crippen LogP contribution in [0.5, 0.6) is 0 Å². The van der Waals surface area contributed by atoms with E-state index in [0.717, 1.165) is 18.5 Å². The number of aryl methyl sites for hydroxylation is 1. The zero-order valence-corrected chi connectivity index (χ0v) is 14.3. The first-order valence-corrected chi connectivity index (χ1v) is 8.57. The molecule has 2 aromatic rings. The Labute approximate surface area is 142 Å². The highest BCUT2D eigenvalue weighted by Gasteiger charge is 2.25. The molecule has 6 heteroatoms. The molecule has 0 unspecified atom stereocenters. The average Bonchev–Trinajstić information content (AvgIpc) is 3.02. The van der Waals surface area contributed by atoms with Gasteiger partial charge in [-0.3, -0.25) is 14.5 Å². The van der Waals surface area contributed by atoms with Gasteiger partial charge in [-0.2, -0.15) is 5.10 Å². The van der Waals surface area contributed by atoms with Crippen molar-refractivity contribution in [2.24, 2.45) is 0 Å². The van der Waals surface area contributed by atoms with Crippen molar-refractivity contribution in [2.45, 2.75) is 51.1 Å². The fourth-order valence-corrected chi connectivity index (χ4v) is 3.48. The summed E-state index contributed by atoms with van der Waals surface area (Å²) in [5.41, 5.74) is 3.49. The van der Waals surface area contributed by atoms with Crippen LogP contribution in [0.1, 0.15) is 42.9 Å². The molecule has 1 saturated carbocycles. The van der Waals surface area contributed by atoms with Crippen LogP contribution < -0.4 is 10.6 Å². The van der Waals surface area contributed by atoms with Crippen molar-refractivity contribution in [3.05, 3.63) is 42.0 Å². The summed E-state index contributed by atoms with van der Waals surface area (Å²) in [6.07, 6.45) is 10.2. The maximum Gasteiger partial charge on any atom is 0.241 e. The van der Waals surface area contributed by atoms with Gasteiger partial charge in [-0.1, -0.05) is 12.5 Å². The summed E-state index contributed by atoms with van der Waals surface area (Å²) in [5, 5.41) is 10.4. The Bertz CT molecular complexity index is 696. The van der Waals surface area contributed by atoms with Crippen LogP contribution in [-0.4, -0.2) is 33.8 Å². The number of nitrogens with zero attached hydrogens (tertiary/aromatic N) is 3. The largest absolute Gasteiger partial charge is 0.380 e. The molecule has 2 heterocycles. The molecule has 0 aromatic carbocycles. The topological polar surface area (TPSA) is 71.8 Å². The van der Waals surface area contributed by atoms with Gasteiger partial charge in [0.25, 0.3) is 0 Å². The second-order valence-corrected chi connectivity index (χ2v) is 6.51. The number of rotatable bonds is 5. The third kappa shape index (κ3) is 3.93. The number of amides is 1. The van der Waals surface area contributed by atoms with E-state index in [1.54, 1.807) is 17.9 Å². The summed E-state index contributed by atoms with van der Waals surface area (Å²) in [6, 6.07) is 4.56. The van der Waals surface area contributed by atoms with Crippen molar-refractivity contribution in [1.29, 1.82) is 0 Å². The first-order valence-electron chi connectivity index (χ1n) is 8.57. The third-order valence-corrected chi connectivity index (χ3v) is 4.70. The normalized spacial score (nSPS) is 20.6. The maximum absolute atomic E-state index is 11.4. The second kappa shape index (κ2) is 7.47. The predicted molar refractivity (Wildman–Crippen MR) is 93.9 cm³/mol. The molecule has 6 nitrogen and oxygen atoms in total. The van der Waals surface area contributed by atoms with Crippen molar-refractivity contribution in [1.82, 2.24) is 20.1 Å². The standard InChI is InChI=1S/C18H25N5O/c1-13-5-4-8-20-18(13)14-6-3-7-15(9-14)22-16-10-21-23(11-16)12-17(24)19-2/h4-5,8,10-11,14-15,22H,3,6-7,9,12H2,1-2H3,(H,19,24)/t14-,15-/m0/s1. The van der Waals surface area contributed by atoms with Crippen LogP contribution >= 0.6 is 0 Å². The van der Waals surface area contributed by atoms with Gasteiger partial charge >= 0.3 is 0 Å². The molecule has 0 aliphatic heterocycles. The monoisotopic (exact) mass is 327 g/mol. The smallest absolute Gasteiger partial charge is 0.241 e. The lowest BCUT2D eigenvalue weighted by atomic mass is 9.82. The molecule has 1 aliphatic rings. The molecule has 3 rings (SSSR count). The Morgan fingerprint density at radius 1 is 1.42 bits per heavy atom. The molecule has 128 valence electrons. The lowest BCUT2D eigenvalue weighted by Crippen LogP contribution is -2.27. The zero-order valence-electron chi connectivity index (χ0n) is 14.3.